The molecule has 3 aromatic carbocycles. The molecule has 2 heterocycles. The Labute approximate surface area is 289 Å². The molecule has 10 heteroatoms. The van der Waals surface area contributed by atoms with E-state index in [0.717, 1.165) is 65.7 Å². The number of aromatic nitrogens is 2. The molecule has 4 N–H and O–H groups in total. The van der Waals surface area contributed by atoms with Gasteiger partial charge in [0.2, 0.25) is 0 Å². The van der Waals surface area contributed by atoms with Gasteiger partial charge in [0, 0.05) is 48.7 Å². The molecule has 2 unspecified atom stereocenters. The van der Waals surface area contributed by atoms with Crippen molar-refractivity contribution >= 4 is 23.3 Å². The zero-order valence-electron chi connectivity index (χ0n) is 29.4. The fraction of sp³-hybridized carbons (Fsp3) is 0.410. The van der Waals surface area contributed by atoms with Gasteiger partial charge >= 0.3 is 6.03 Å². The van der Waals surface area contributed by atoms with Crippen LogP contribution in [0.3, 0.4) is 0 Å². The number of hydrogen-bond donors (Lipinski definition) is 4. The number of carbonyl (C=O) groups is 2. The Balaban J connectivity index is 1.50. The summed E-state index contributed by atoms with van der Waals surface area (Å²) in [4.78, 5) is 30.5. The van der Waals surface area contributed by atoms with Crippen LogP contribution in [0, 0.1) is 13.8 Å². The molecule has 0 saturated carbocycles. The Kier molecular flexibility index (Phi) is 11.9. The van der Waals surface area contributed by atoms with Crippen LogP contribution >= 0.6 is 0 Å². The van der Waals surface area contributed by atoms with Crippen molar-refractivity contribution in [3.05, 3.63) is 106 Å². The molecule has 1 aromatic heterocycles. The maximum Gasteiger partial charge on any atom is 0.323 e. The zero-order chi connectivity index (χ0) is 35.1. The lowest BCUT2D eigenvalue weighted by Crippen LogP contribution is -2.42. The number of hydrogen-bond acceptors (Lipinski definition) is 6. The van der Waals surface area contributed by atoms with Crippen LogP contribution in [0.1, 0.15) is 96.7 Å². The van der Waals surface area contributed by atoms with Gasteiger partial charge in [-0.25, -0.2) is 14.4 Å². The Hall–Kier alpha value is -4.51. The molecule has 260 valence electrons. The number of aliphatic hydroxyl groups excluding tert-OH is 2. The fourth-order valence-corrected chi connectivity index (χ4v) is 6.46. The van der Waals surface area contributed by atoms with Crippen LogP contribution in [-0.2, 0) is 19.4 Å². The Morgan fingerprint density at radius 2 is 1.65 bits per heavy atom. The minimum Gasteiger partial charge on any atom is -0.378 e. The molecule has 10 nitrogen and oxygen atoms in total. The summed E-state index contributed by atoms with van der Waals surface area (Å²) in [7, 11) is 0. The topological polar surface area (TPSA) is 123 Å². The number of benzene rings is 3. The molecular weight excluding hydrogens is 616 g/mol. The number of carbonyl (C=O) groups excluding carboxylic acids is 2. The molecule has 0 bridgehead atoms. The van der Waals surface area contributed by atoms with Gasteiger partial charge in [-0.05, 0) is 79.6 Å². The lowest BCUT2D eigenvalue weighted by atomic mass is 9.97. The van der Waals surface area contributed by atoms with E-state index < -0.39 is 18.5 Å². The van der Waals surface area contributed by atoms with Gasteiger partial charge in [0.15, 0.2) is 5.69 Å². The molecule has 1 aliphatic rings. The van der Waals surface area contributed by atoms with Crippen molar-refractivity contribution in [2.45, 2.75) is 92.1 Å². The molecule has 3 amide bonds. The molecule has 1 aliphatic heterocycles. The smallest absolute Gasteiger partial charge is 0.323 e. The van der Waals surface area contributed by atoms with Gasteiger partial charge in [0.25, 0.3) is 5.91 Å². The summed E-state index contributed by atoms with van der Waals surface area (Å²) < 4.78 is 1.67. The number of fused-ring (bicyclic) bond motifs is 1. The van der Waals surface area contributed by atoms with Crippen molar-refractivity contribution in [2.24, 2.45) is 0 Å². The van der Waals surface area contributed by atoms with E-state index >= 15 is 0 Å². The molecule has 49 heavy (non-hydrogen) atoms. The van der Waals surface area contributed by atoms with E-state index in [1.165, 1.54) is 0 Å². The maximum atomic E-state index is 13.7. The Morgan fingerprint density at radius 1 is 0.939 bits per heavy atom. The molecule has 0 fully saturated rings. The van der Waals surface area contributed by atoms with Crippen LogP contribution in [0.25, 0.3) is 5.69 Å². The van der Waals surface area contributed by atoms with Crippen molar-refractivity contribution < 1.29 is 19.8 Å². The summed E-state index contributed by atoms with van der Waals surface area (Å²) >= 11 is 0. The van der Waals surface area contributed by atoms with Crippen molar-refractivity contribution in [3.8, 4) is 5.69 Å². The monoisotopic (exact) mass is 666 g/mol. The Bertz CT molecular complexity index is 1760. The minimum atomic E-state index is -1.25. The van der Waals surface area contributed by atoms with Gasteiger partial charge in [-0.1, -0.05) is 76.1 Å². The molecule has 4 aromatic rings. The number of nitrogens with one attached hydrogen (secondary N) is 2. The molecular formula is C39H50N6O4. The van der Waals surface area contributed by atoms with Crippen molar-refractivity contribution in [2.75, 3.05) is 23.7 Å². The van der Waals surface area contributed by atoms with E-state index in [9.17, 15) is 19.8 Å². The van der Waals surface area contributed by atoms with Gasteiger partial charge in [-0.15, -0.1) is 0 Å². The number of nitrogens with zero attached hydrogens (tertiary/aromatic N) is 4. The predicted molar refractivity (Wildman–Crippen MR) is 194 cm³/mol. The first-order chi connectivity index (χ1) is 23.6. The Morgan fingerprint density at radius 3 is 2.35 bits per heavy atom. The van der Waals surface area contributed by atoms with Crippen LogP contribution in [-0.4, -0.2) is 61.0 Å². The SMILES string of the molecule is CCCCN(CCCC)C(=O)c1cc(C)n(-c2ccc(NC(=O)Nc3c(C)cccc3CC)cc2C(O)N2Cc3ccccc3CC2O)n1. The summed E-state index contributed by atoms with van der Waals surface area (Å²) in [5.41, 5.74) is 7.31. The average Bonchev–Trinajstić information content (AvgIpc) is 3.49. The summed E-state index contributed by atoms with van der Waals surface area (Å²) in [6, 6.07) is 20.4. The molecule has 5 rings (SSSR count). The standard InChI is InChI=1S/C39H50N6O4/c1-6-9-20-43(21-10-7-2)38(48)33-22-27(5)45(42-33)34-19-18-31(40-39(49)41-36-26(4)14-13-17-28(36)8-3)24-32(34)37(47)44-25-30-16-12-11-15-29(30)23-35(44)46/h11-19,22,24,35,37,46-47H,6-10,20-21,23,25H2,1-5H3,(H2,40,41,49). The molecule has 0 saturated heterocycles. The third-order valence-electron chi connectivity index (χ3n) is 9.30. The van der Waals surface area contributed by atoms with E-state index in [0.29, 0.717) is 48.7 Å². The van der Waals surface area contributed by atoms with E-state index in [1.807, 2.05) is 68.1 Å². The number of aryl methyl sites for hydroxylation is 3. The number of urea groups is 1. The second kappa shape index (κ2) is 16.3. The van der Waals surface area contributed by atoms with Crippen molar-refractivity contribution in [3.63, 3.8) is 0 Å². The highest BCUT2D eigenvalue weighted by Gasteiger charge is 2.32. The van der Waals surface area contributed by atoms with E-state index in [4.69, 9.17) is 5.10 Å². The van der Waals surface area contributed by atoms with E-state index in [-0.39, 0.29) is 5.91 Å². The lowest BCUT2D eigenvalue weighted by molar-refractivity contribution is -0.115. The van der Waals surface area contributed by atoms with Crippen molar-refractivity contribution in [1.82, 2.24) is 19.6 Å². The van der Waals surface area contributed by atoms with Gasteiger partial charge < -0.3 is 25.7 Å². The lowest BCUT2D eigenvalue weighted by Gasteiger charge is -2.37. The minimum absolute atomic E-state index is 0.119. The van der Waals surface area contributed by atoms with Crippen LogP contribution in [0.15, 0.2) is 66.7 Å². The second-order valence-electron chi connectivity index (χ2n) is 12.9. The average molecular weight is 667 g/mol. The van der Waals surface area contributed by atoms with Gasteiger partial charge in [0.1, 0.15) is 12.5 Å². The maximum absolute atomic E-state index is 13.7. The molecule has 0 aliphatic carbocycles. The number of rotatable bonds is 13. The van der Waals surface area contributed by atoms with Crippen molar-refractivity contribution in [1.29, 1.82) is 0 Å². The number of anilines is 2. The van der Waals surface area contributed by atoms with E-state index in [1.54, 1.807) is 33.8 Å². The first-order valence-corrected chi connectivity index (χ1v) is 17.5. The number of para-hydroxylation sites is 1. The van der Waals surface area contributed by atoms with Crippen LogP contribution < -0.4 is 10.6 Å². The third kappa shape index (κ3) is 8.21. The summed E-state index contributed by atoms with van der Waals surface area (Å²) in [6.45, 7) is 11.8. The molecule has 0 radical (unpaired) electrons. The fourth-order valence-electron chi connectivity index (χ4n) is 6.46. The molecule has 0 spiro atoms. The van der Waals surface area contributed by atoms with E-state index in [2.05, 4.69) is 24.5 Å². The van der Waals surface area contributed by atoms with Crippen LogP contribution in [0.4, 0.5) is 16.2 Å². The summed E-state index contributed by atoms with van der Waals surface area (Å²) in [6.07, 6.45) is 2.75. The van der Waals surface area contributed by atoms with Gasteiger partial charge in [0.05, 0.1) is 5.69 Å². The van der Waals surface area contributed by atoms with Crippen LogP contribution in [0.2, 0.25) is 0 Å². The first kappa shape index (κ1) is 35.8. The predicted octanol–water partition coefficient (Wildman–Crippen LogP) is 7.11. The molecule has 2 atom stereocenters. The summed E-state index contributed by atoms with van der Waals surface area (Å²) in [5, 5.41) is 33.9. The number of unbranched alkanes of at least 4 members (excludes halogenated alkanes) is 2. The van der Waals surface area contributed by atoms with Crippen LogP contribution in [0.5, 0.6) is 0 Å². The largest absolute Gasteiger partial charge is 0.378 e. The number of aliphatic hydroxyl groups is 2. The summed E-state index contributed by atoms with van der Waals surface area (Å²) in [5.74, 6) is -0.119. The third-order valence-corrected chi connectivity index (χ3v) is 9.30. The quantitative estimate of drug-likeness (QED) is 0.121. The second-order valence-corrected chi connectivity index (χ2v) is 12.9. The van der Waals surface area contributed by atoms with Gasteiger partial charge in [-0.3, -0.25) is 4.79 Å². The number of amides is 3. The highest BCUT2D eigenvalue weighted by molar-refractivity contribution is 6.01. The highest BCUT2D eigenvalue weighted by atomic mass is 16.3. The normalized spacial score (nSPS) is 15.0. The zero-order valence-corrected chi connectivity index (χ0v) is 29.4. The van der Waals surface area contributed by atoms with Gasteiger partial charge in [-0.2, -0.15) is 5.10 Å². The highest BCUT2D eigenvalue weighted by Crippen LogP contribution is 2.34. The first-order valence-electron chi connectivity index (χ1n) is 17.5.